The lowest BCUT2D eigenvalue weighted by atomic mass is 9.95. The van der Waals surface area contributed by atoms with Gasteiger partial charge in [-0.1, -0.05) is 24.6 Å². The molecule has 1 heterocycles. The van der Waals surface area contributed by atoms with Gasteiger partial charge >= 0.3 is 0 Å². The van der Waals surface area contributed by atoms with Crippen LogP contribution in [0.4, 0.5) is 4.39 Å². The van der Waals surface area contributed by atoms with Gasteiger partial charge in [0.05, 0.1) is 18.8 Å². The van der Waals surface area contributed by atoms with Crippen molar-refractivity contribution in [3.8, 4) is 0 Å². The fraction of sp³-hybridized carbons (Fsp3) is 0.625. The average molecular weight is 280 g/mol. The average Bonchev–Trinajstić information content (AvgIpc) is 2.43. The fourth-order valence-electron chi connectivity index (χ4n) is 2.98. The van der Waals surface area contributed by atoms with Crippen LogP contribution in [0.1, 0.15) is 30.5 Å². The van der Waals surface area contributed by atoms with E-state index >= 15 is 0 Å². The summed E-state index contributed by atoms with van der Waals surface area (Å²) in [6.07, 6.45) is 1.06. The Hall–Kier alpha value is -0.970. The third kappa shape index (κ3) is 3.37. The normalized spacial score (nSPS) is 24.0. The third-order valence-electron chi connectivity index (χ3n) is 3.84. The Morgan fingerprint density at radius 2 is 2.25 bits per heavy atom. The lowest BCUT2D eigenvalue weighted by Gasteiger charge is -2.41. The van der Waals surface area contributed by atoms with Crippen molar-refractivity contribution in [1.29, 1.82) is 0 Å². The van der Waals surface area contributed by atoms with Crippen LogP contribution >= 0.6 is 0 Å². The molecule has 2 atom stereocenters. The number of aryl methyl sites for hydroxylation is 1. The number of benzene rings is 1. The van der Waals surface area contributed by atoms with Gasteiger partial charge in [0, 0.05) is 18.7 Å². The lowest BCUT2D eigenvalue weighted by Crippen LogP contribution is -2.49. The second-order valence-corrected chi connectivity index (χ2v) is 5.47. The van der Waals surface area contributed by atoms with Crippen molar-refractivity contribution in [3.63, 3.8) is 0 Å². The Labute approximate surface area is 121 Å². The van der Waals surface area contributed by atoms with Crippen LogP contribution in [-0.4, -0.2) is 44.3 Å². The van der Waals surface area contributed by atoms with E-state index in [2.05, 4.69) is 17.1 Å². The second-order valence-electron chi connectivity index (χ2n) is 5.47. The van der Waals surface area contributed by atoms with Gasteiger partial charge in [0.1, 0.15) is 5.82 Å². The molecule has 0 spiro atoms. The molecule has 0 bridgehead atoms. The summed E-state index contributed by atoms with van der Waals surface area (Å²) in [7, 11) is 1.91. The molecule has 0 radical (unpaired) electrons. The van der Waals surface area contributed by atoms with Crippen LogP contribution in [0.2, 0.25) is 0 Å². The minimum Gasteiger partial charge on any atom is -0.374 e. The third-order valence-corrected chi connectivity index (χ3v) is 3.84. The van der Waals surface area contributed by atoms with Gasteiger partial charge in [-0.25, -0.2) is 4.39 Å². The van der Waals surface area contributed by atoms with E-state index in [4.69, 9.17) is 4.74 Å². The van der Waals surface area contributed by atoms with Crippen LogP contribution in [0.3, 0.4) is 0 Å². The predicted molar refractivity (Wildman–Crippen MR) is 79.4 cm³/mol. The van der Waals surface area contributed by atoms with E-state index in [1.807, 2.05) is 26.1 Å². The van der Waals surface area contributed by atoms with Crippen LogP contribution in [0.15, 0.2) is 18.2 Å². The molecule has 0 saturated carbocycles. The monoisotopic (exact) mass is 280 g/mol. The van der Waals surface area contributed by atoms with Crippen molar-refractivity contribution in [1.82, 2.24) is 10.2 Å². The first kappa shape index (κ1) is 15.4. The van der Waals surface area contributed by atoms with Crippen LogP contribution in [0, 0.1) is 12.7 Å². The van der Waals surface area contributed by atoms with Gasteiger partial charge in [0.25, 0.3) is 0 Å². The molecule has 1 aliphatic rings. The molecule has 1 fully saturated rings. The maximum Gasteiger partial charge on any atom is 0.128 e. The molecule has 1 aliphatic heterocycles. The Morgan fingerprint density at radius 1 is 1.45 bits per heavy atom. The number of rotatable bonds is 5. The van der Waals surface area contributed by atoms with Gasteiger partial charge < -0.3 is 10.1 Å². The highest BCUT2D eigenvalue weighted by molar-refractivity contribution is 5.28. The van der Waals surface area contributed by atoms with Crippen LogP contribution < -0.4 is 5.32 Å². The van der Waals surface area contributed by atoms with Crippen LogP contribution in [0.25, 0.3) is 0 Å². The summed E-state index contributed by atoms with van der Waals surface area (Å²) < 4.78 is 20.2. The van der Waals surface area contributed by atoms with Crippen molar-refractivity contribution in [2.45, 2.75) is 32.4 Å². The Morgan fingerprint density at radius 3 is 2.95 bits per heavy atom. The molecule has 20 heavy (non-hydrogen) atoms. The van der Waals surface area contributed by atoms with Crippen LogP contribution in [-0.2, 0) is 4.74 Å². The smallest absolute Gasteiger partial charge is 0.128 e. The highest BCUT2D eigenvalue weighted by Crippen LogP contribution is 2.31. The van der Waals surface area contributed by atoms with Crippen molar-refractivity contribution in [2.75, 3.05) is 33.3 Å². The number of hydrogen-bond donors (Lipinski definition) is 1. The quantitative estimate of drug-likeness (QED) is 0.897. The number of ether oxygens (including phenoxy) is 1. The first-order valence-corrected chi connectivity index (χ1v) is 7.43. The van der Waals surface area contributed by atoms with Gasteiger partial charge in [-0.15, -0.1) is 0 Å². The van der Waals surface area contributed by atoms with E-state index in [0.29, 0.717) is 0 Å². The molecule has 4 heteroatoms. The van der Waals surface area contributed by atoms with Crippen molar-refractivity contribution >= 4 is 0 Å². The summed E-state index contributed by atoms with van der Waals surface area (Å²) in [5, 5.41) is 3.16. The lowest BCUT2D eigenvalue weighted by molar-refractivity contribution is -0.0714. The summed E-state index contributed by atoms with van der Waals surface area (Å²) in [6, 6.07) is 5.34. The van der Waals surface area contributed by atoms with Gasteiger partial charge in [0.15, 0.2) is 0 Å². The maximum atomic E-state index is 14.3. The fourth-order valence-corrected chi connectivity index (χ4v) is 2.98. The summed E-state index contributed by atoms with van der Waals surface area (Å²) in [4.78, 5) is 2.35. The summed E-state index contributed by atoms with van der Waals surface area (Å²) in [5.74, 6) is -0.131. The van der Waals surface area contributed by atoms with E-state index in [1.54, 1.807) is 6.07 Å². The standard InChI is InChI=1S/C16H25FN2O/c1-4-7-19-8-9-20-15(11-18-3)16(19)13-10-12(2)5-6-14(13)17/h5-6,10,15-16,18H,4,7-9,11H2,1-3H3. The van der Waals surface area contributed by atoms with Gasteiger partial charge in [-0.2, -0.15) is 0 Å². The molecule has 1 saturated heterocycles. The number of nitrogens with zero attached hydrogens (tertiary/aromatic N) is 1. The zero-order chi connectivity index (χ0) is 14.5. The molecule has 1 aromatic carbocycles. The van der Waals surface area contributed by atoms with E-state index in [1.165, 1.54) is 0 Å². The largest absolute Gasteiger partial charge is 0.374 e. The first-order chi connectivity index (χ1) is 9.67. The Kier molecular flexibility index (Phi) is 5.52. The topological polar surface area (TPSA) is 24.5 Å². The highest BCUT2D eigenvalue weighted by atomic mass is 19.1. The van der Waals surface area contributed by atoms with E-state index in [-0.39, 0.29) is 18.0 Å². The molecule has 0 amide bonds. The maximum absolute atomic E-state index is 14.3. The van der Waals surface area contributed by atoms with E-state index in [0.717, 1.165) is 43.8 Å². The second kappa shape index (κ2) is 7.16. The SMILES string of the molecule is CCCN1CCOC(CNC)C1c1cc(C)ccc1F. The zero-order valence-electron chi connectivity index (χ0n) is 12.7. The molecule has 112 valence electrons. The van der Waals surface area contributed by atoms with Gasteiger partial charge in [-0.05, 0) is 33.0 Å². The minimum atomic E-state index is -0.131. The molecule has 0 aromatic heterocycles. The van der Waals surface area contributed by atoms with E-state index < -0.39 is 0 Å². The molecule has 3 nitrogen and oxygen atoms in total. The molecular weight excluding hydrogens is 255 g/mol. The summed E-state index contributed by atoms with van der Waals surface area (Å²) >= 11 is 0. The molecule has 0 aliphatic carbocycles. The number of morpholine rings is 1. The number of likely N-dealkylation sites (N-methyl/N-ethyl adjacent to an activating group) is 1. The molecule has 1 aromatic rings. The molecule has 1 N–H and O–H groups in total. The zero-order valence-corrected chi connectivity index (χ0v) is 12.7. The molecule has 2 rings (SSSR count). The van der Waals surface area contributed by atoms with Crippen LogP contribution in [0.5, 0.6) is 0 Å². The van der Waals surface area contributed by atoms with Crippen molar-refractivity contribution in [3.05, 3.63) is 35.1 Å². The van der Waals surface area contributed by atoms with Crippen molar-refractivity contribution < 1.29 is 9.13 Å². The molecule has 2 unspecified atom stereocenters. The van der Waals surface area contributed by atoms with Gasteiger partial charge in [0.2, 0.25) is 0 Å². The Bertz CT molecular complexity index is 420. The highest BCUT2D eigenvalue weighted by Gasteiger charge is 2.34. The molecular formula is C16H25FN2O. The number of nitrogens with one attached hydrogen (secondary N) is 1. The van der Waals surface area contributed by atoms with E-state index in [9.17, 15) is 4.39 Å². The Balaban J connectivity index is 2.34. The first-order valence-electron chi connectivity index (χ1n) is 7.43. The van der Waals surface area contributed by atoms with Gasteiger partial charge in [-0.3, -0.25) is 4.90 Å². The number of hydrogen-bond acceptors (Lipinski definition) is 3. The summed E-state index contributed by atoms with van der Waals surface area (Å²) in [5.41, 5.74) is 1.85. The predicted octanol–water partition coefficient (Wildman–Crippen LogP) is 2.51. The number of halogens is 1. The van der Waals surface area contributed by atoms with Crippen molar-refractivity contribution in [2.24, 2.45) is 0 Å². The summed E-state index contributed by atoms with van der Waals surface area (Å²) in [6.45, 7) is 7.46. The minimum absolute atomic E-state index is 0.00315.